The molecular formula is C26H31NO4. The highest BCUT2D eigenvalue weighted by molar-refractivity contribution is 5.98. The van der Waals surface area contributed by atoms with Crippen LogP contribution in [0, 0.1) is 5.92 Å². The van der Waals surface area contributed by atoms with Crippen LogP contribution in [-0.2, 0) is 24.5 Å². The van der Waals surface area contributed by atoms with E-state index < -0.39 is 23.8 Å². The van der Waals surface area contributed by atoms with Gasteiger partial charge in [0.15, 0.2) is 5.92 Å². The molecule has 2 aromatic carbocycles. The van der Waals surface area contributed by atoms with Crippen LogP contribution in [0.25, 0.3) is 10.9 Å². The van der Waals surface area contributed by atoms with E-state index in [-0.39, 0.29) is 18.6 Å². The van der Waals surface area contributed by atoms with Gasteiger partial charge in [0.2, 0.25) is 0 Å². The molecule has 1 heterocycles. The molecule has 31 heavy (non-hydrogen) atoms. The van der Waals surface area contributed by atoms with E-state index in [1.807, 2.05) is 42.6 Å². The van der Waals surface area contributed by atoms with E-state index in [0.717, 1.165) is 22.0 Å². The van der Waals surface area contributed by atoms with Crippen LogP contribution in [0.2, 0.25) is 0 Å². The maximum Gasteiger partial charge on any atom is 0.321 e. The molecule has 5 nitrogen and oxygen atoms in total. The zero-order chi connectivity index (χ0) is 22.6. The van der Waals surface area contributed by atoms with Crippen LogP contribution >= 0.6 is 0 Å². The first kappa shape index (κ1) is 22.6. The summed E-state index contributed by atoms with van der Waals surface area (Å²) in [6, 6.07) is 15.9. The standard InChI is InChI=1S/C26H31NO4/c1-6-30-24(28)23(25(29)31-7-2)22(17-11-9-8-10-12-17)20-16-27-21-14-13-18(15-19(20)21)26(3,4)5/h8-16,22-23,27H,6-7H2,1-5H3/t22-/m1/s1. The average Bonchev–Trinajstić information content (AvgIpc) is 3.15. The Bertz CT molecular complexity index is 1030. The van der Waals surface area contributed by atoms with Crippen LogP contribution in [0.3, 0.4) is 0 Å². The number of nitrogens with one attached hydrogen (secondary N) is 1. The Balaban J connectivity index is 2.24. The molecule has 0 saturated carbocycles. The van der Waals surface area contributed by atoms with Crippen molar-refractivity contribution in [3.63, 3.8) is 0 Å². The van der Waals surface area contributed by atoms with Crippen LogP contribution in [-0.4, -0.2) is 30.1 Å². The predicted molar refractivity (Wildman–Crippen MR) is 122 cm³/mol. The molecular weight excluding hydrogens is 390 g/mol. The summed E-state index contributed by atoms with van der Waals surface area (Å²) in [6.07, 6.45) is 1.89. The van der Waals surface area contributed by atoms with Crippen molar-refractivity contribution < 1.29 is 19.1 Å². The van der Waals surface area contributed by atoms with Gasteiger partial charge in [0.05, 0.1) is 13.2 Å². The Morgan fingerprint density at radius 2 is 1.55 bits per heavy atom. The summed E-state index contributed by atoms with van der Waals surface area (Å²) in [5.41, 5.74) is 3.83. The molecule has 0 aliphatic carbocycles. The molecule has 0 amide bonds. The number of carbonyl (C=O) groups is 2. The fourth-order valence-electron chi connectivity index (χ4n) is 3.91. The monoisotopic (exact) mass is 421 g/mol. The molecule has 0 fully saturated rings. The SMILES string of the molecule is CCOC(=O)C(C(=O)OCC)[C@H](c1ccccc1)c1c[nH]c2ccc(C(C)(C)C)cc12. The molecule has 0 spiro atoms. The van der Waals surface area contributed by atoms with Gasteiger partial charge in [-0.25, -0.2) is 0 Å². The number of hydrogen-bond donors (Lipinski definition) is 1. The molecule has 0 aliphatic heterocycles. The molecule has 0 bridgehead atoms. The fourth-order valence-corrected chi connectivity index (χ4v) is 3.91. The van der Waals surface area contributed by atoms with Crippen LogP contribution in [0.5, 0.6) is 0 Å². The van der Waals surface area contributed by atoms with Gasteiger partial charge < -0.3 is 14.5 Å². The van der Waals surface area contributed by atoms with Crippen molar-refractivity contribution in [1.82, 2.24) is 4.98 Å². The molecule has 0 aliphatic rings. The van der Waals surface area contributed by atoms with Gasteiger partial charge in [0.25, 0.3) is 0 Å². The minimum absolute atomic E-state index is 0.0351. The van der Waals surface area contributed by atoms with E-state index in [1.54, 1.807) is 13.8 Å². The number of benzene rings is 2. The largest absolute Gasteiger partial charge is 0.465 e. The Kier molecular flexibility index (Phi) is 6.84. The van der Waals surface area contributed by atoms with Crippen molar-refractivity contribution >= 4 is 22.8 Å². The van der Waals surface area contributed by atoms with Crippen LogP contribution in [0.1, 0.15) is 57.2 Å². The van der Waals surface area contributed by atoms with E-state index in [9.17, 15) is 9.59 Å². The van der Waals surface area contributed by atoms with Crippen molar-refractivity contribution in [2.75, 3.05) is 13.2 Å². The van der Waals surface area contributed by atoms with Gasteiger partial charge >= 0.3 is 11.9 Å². The summed E-state index contributed by atoms with van der Waals surface area (Å²) in [7, 11) is 0. The predicted octanol–water partition coefficient (Wildman–Crippen LogP) is 5.34. The topological polar surface area (TPSA) is 68.4 Å². The molecule has 1 N–H and O–H groups in total. The fraction of sp³-hybridized carbons (Fsp3) is 0.385. The summed E-state index contributed by atoms with van der Waals surface area (Å²) in [4.78, 5) is 29.3. The zero-order valence-electron chi connectivity index (χ0n) is 18.9. The Hall–Kier alpha value is -3.08. The Morgan fingerprint density at radius 1 is 0.935 bits per heavy atom. The third-order valence-electron chi connectivity index (χ3n) is 5.49. The molecule has 3 aromatic rings. The Morgan fingerprint density at radius 3 is 2.10 bits per heavy atom. The number of aromatic nitrogens is 1. The summed E-state index contributed by atoms with van der Waals surface area (Å²) < 4.78 is 10.6. The van der Waals surface area contributed by atoms with Gasteiger partial charge in [-0.2, -0.15) is 0 Å². The summed E-state index contributed by atoms with van der Waals surface area (Å²) in [6.45, 7) is 10.3. The summed E-state index contributed by atoms with van der Waals surface area (Å²) in [5, 5.41) is 0.986. The highest BCUT2D eigenvalue weighted by Crippen LogP contribution is 2.39. The van der Waals surface area contributed by atoms with Gasteiger partial charge in [-0.15, -0.1) is 0 Å². The lowest BCUT2D eigenvalue weighted by Gasteiger charge is -2.25. The first-order valence-corrected chi connectivity index (χ1v) is 10.8. The average molecular weight is 422 g/mol. The number of hydrogen-bond acceptors (Lipinski definition) is 4. The second-order valence-electron chi connectivity index (χ2n) is 8.62. The number of ether oxygens (including phenoxy) is 2. The first-order chi connectivity index (χ1) is 14.8. The van der Waals surface area contributed by atoms with E-state index in [0.29, 0.717) is 0 Å². The number of fused-ring (bicyclic) bond motifs is 1. The van der Waals surface area contributed by atoms with Crippen molar-refractivity contribution in [3.8, 4) is 0 Å². The zero-order valence-corrected chi connectivity index (χ0v) is 18.9. The second-order valence-corrected chi connectivity index (χ2v) is 8.62. The van der Waals surface area contributed by atoms with Gasteiger partial charge in [0.1, 0.15) is 0 Å². The third kappa shape index (κ3) is 4.82. The molecule has 1 aromatic heterocycles. The first-order valence-electron chi connectivity index (χ1n) is 10.8. The van der Waals surface area contributed by atoms with Crippen LogP contribution in [0.4, 0.5) is 0 Å². The number of esters is 2. The van der Waals surface area contributed by atoms with E-state index in [2.05, 4.69) is 37.9 Å². The van der Waals surface area contributed by atoms with Gasteiger partial charge in [-0.1, -0.05) is 57.2 Å². The van der Waals surface area contributed by atoms with Crippen molar-refractivity contribution in [2.24, 2.45) is 5.92 Å². The summed E-state index contributed by atoms with van der Waals surface area (Å²) >= 11 is 0. The lowest BCUT2D eigenvalue weighted by molar-refractivity contribution is -0.162. The molecule has 3 rings (SSSR count). The molecule has 5 heteroatoms. The van der Waals surface area contributed by atoms with E-state index >= 15 is 0 Å². The number of carbonyl (C=O) groups excluding carboxylic acids is 2. The number of aromatic amines is 1. The minimum Gasteiger partial charge on any atom is -0.465 e. The van der Waals surface area contributed by atoms with Crippen molar-refractivity contribution in [1.29, 1.82) is 0 Å². The molecule has 0 unspecified atom stereocenters. The lowest BCUT2D eigenvalue weighted by atomic mass is 9.79. The smallest absolute Gasteiger partial charge is 0.321 e. The maximum absolute atomic E-state index is 13.0. The van der Waals surface area contributed by atoms with Gasteiger partial charge in [-0.3, -0.25) is 9.59 Å². The van der Waals surface area contributed by atoms with Gasteiger partial charge in [-0.05, 0) is 48.1 Å². The van der Waals surface area contributed by atoms with E-state index in [4.69, 9.17) is 9.47 Å². The molecule has 164 valence electrons. The maximum atomic E-state index is 13.0. The van der Waals surface area contributed by atoms with Crippen molar-refractivity contribution in [3.05, 3.63) is 71.4 Å². The second kappa shape index (κ2) is 9.38. The van der Waals surface area contributed by atoms with Crippen LogP contribution < -0.4 is 0 Å². The van der Waals surface area contributed by atoms with E-state index in [1.165, 1.54) is 5.56 Å². The van der Waals surface area contributed by atoms with Gasteiger partial charge in [0, 0.05) is 23.0 Å². The summed E-state index contributed by atoms with van der Waals surface area (Å²) in [5.74, 6) is -2.78. The third-order valence-corrected chi connectivity index (χ3v) is 5.49. The minimum atomic E-state index is -1.10. The molecule has 0 radical (unpaired) electrons. The quantitative estimate of drug-likeness (QED) is 0.413. The normalized spacial score (nSPS) is 12.7. The highest BCUT2D eigenvalue weighted by Gasteiger charge is 2.40. The highest BCUT2D eigenvalue weighted by atomic mass is 16.6. The molecule has 1 atom stereocenters. The Labute approximate surface area is 183 Å². The van der Waals surface area contributed by atoms with Crippen molar-refractivity contribution in [2.45, 2.75) is 46.0 Å². The molecule has 0 saturated heterocycles. The number of H-pyrrole nitrogens is 1. The lowest BCUT2D eigenvalue weighted by Crippen LogP contribution is -2.34. The van der Waals surface area contributed by atoms with Crippen LogP contribution in [0.15, 0.2) is 54.7 Å². The number of rotatable bonds is 7.